The molecule has 28 heavy (non-hydrogen) atoms. The molecule has 0 bridgehead atoms. The lowest BCUT2D eigenvalue weighted by molar-refractivity contribution is 0.0650. The highest BCUT2D eigenvalue weighted by Crippen LogP contribution is 2.33. The first-order valence-corrected chi connectivity index (χ1v) is 10.0. The van der Waals surface area contributed by atoms with Crippen molar-refractivity contribution in [3.05, 3.63) is 65.2 Å². The average Bonchev–Trinajstić information content (AvgIpc) is 3.30. The quantitative estimate of drug-likeness (QED) is 0.541. The van der Waals surface area contributed by atoms with Gasteiger partial charge in [0.05, 0.1) is 18.2 Å². The summed E-state index contributed by atoms with van der Waals surface area (Å²) in [6.07, 6.45) is 4.18. The maximum Gasteiger partial charge on any atom is 0.261 e. The number of rotatable bonds is 7. The molecule has 2 amide bonds. The fraction of sp³-hybridized carbons (Fsp3) is 0.391. The van der Waals surface area contributed by atoms with E-state index in [9.17, 15) is 9.59 Å². The van der Waals surface area contributed by atoms with Crippen LogP contribution in [0.3, 0.4) is 0 Å². The van der Waals surface area contributed by atoms with Gasteiger partial charge in [-0.2, -0.15) is 0 Å². The fourth-order valence-corrected chi connectivity index (χ4v) is 4.32. The normalized spacial score (nSPS) is 19.3. The minimum Gasteiger partial charge on any atom is -0.497 e. The van der Waals surface area contributed by atoms with Crippen LogP contribution in [0, 0.1) is 0 Å². The van der Waals surface area contributed by atoms with Crippen molar-refractivity contribution in [2.45, 2.75) is 31.7 Å². The number of fused-ring (bicyclic) bond motifs is 1. The van der Waals surface area contributed by atoms with Gasteiger partial charge in [-0.25, -0.2) is 0 Å². The second-order valence-electron chi connectivity index (χ2n) is 7.48. The molecule has 5 heteroatoms. The minimum atomic E-state index is -0.155. The highest BCUT2D eigenvalue weighted by atomic mass is 16.5. The molecular formula is C23H26N2O3. The highest BCUT2D eigenvalue weighted by Gasteiger charge is 2.34. The smallest absolute Gasteiger partial charge is 0.261 e. The van der Waals surface area contributed by atoms with Crippen LogP contribution in [0.25, 0.3) is 0 Å². The van der Waals surface area contributed by atoms with Crippen molar-refractivity contribution in [1.29, 1.82) is 0 Å². The summed E-state index contributed by atoms with van der Waals surface area (Å²) in [5, 5.41) is 0. The molecule has 0 radical (unpaired) electrons. The molecule has 0 aromatic heterocycles. The van der Waals surface area contributed by atoms with E-state index in [1.165, 1.54) is 23.3 Å². The second kappa shape index (κ2) is 8.15. The Morgan fingerprint density at radius 1 is 0.929 bits per heavy atom. The van der Waals surface area contributed by atoms with Gasteiger partial charge in [0.1, 0.15) is 5.75 Å². The largest absolute Gasteiger partial charge is 0.497 e. The van der Waals surface area contributed by atoms with Gasteiger partial charge < -0.3 is 4.74 Å². The summed E-state index contributed by atoms with van der Waals surface area (Å²) in [7, 11) is 1.69. The molecule has 2 heterocycles. The number of likely N-dealkylation sites (tertiary alicyclic amines) is 1. The molecule has 2 aliphatic heterocycles. The van der Waals surface area contributed by atoms with Gasteiger partial charge in [-0.1, -0.05) is 24.3 Å². The lowest BCUT2D eigenvalue weighted by Gasteiger charge is -2.25. The highest BCUT2D eigenvalue weighted by molar-refractivity contribution is 6.21. The van der Waals surface area contributed by atoms with Crippen LogP contribution in [0.15, 0.2) is 48.5 Å². The molecule has 1 fully saturated rings. The maximum atomic E-state index is 12.4. The van der Waals surface area contributed by atoms with Crippen molar-refractivity contribution < 1.29 is 14.3 Å². The van der Waals surface area contributed by atoms with Crippen LogP contribution in [-0.2, 0) is 0 Å². The summed E-state index contributed by atoms with van der Waals surface area (Å²) in [6, 6.07) is 15.9. The number of imide groups is 1. The molecule has 5 nitrogen and oxygen atoms in total. The third kappa shape index (κ3) is 3.54. The first-order valence-electron chi connectivity index (χ1n) is 10.0. The SMILES string of the molecule is COc1ccc(C2CCCN2CCCCN2C(=O)c3ccccc3C2=O)cc1. The Bertz CT molecular complexity index is 827. The summed E-state index contributed by atoms with van der Waals surface area (Å²) in [4.78, 5) is 28.8. The number of hydrogen-bond donors (Lipinski definition) is 0. The molecule has 2 aromatic rings. The number of unbranched alkanes of at least 4 members (excludes halogenated alkanes) is 1. The molecule has 1 unspecified atom stereocenters. The van der Waals surface area contributed by atoms with Gasteiger partial charge in [-0.3, -0.25) is 19.4 Å². The van der Waals surface area contributed by atoms with Gasteiger partial charge in [-0.15, -0.1) is 0 Å². The number of carbonyl (C=O) groups is 2. The summed E-state index contributed by atoms with van der Waals surface area (Å²) in [5.74, 6) is 0.574. The summed E-state index contributed by atoms with van der Waals surface area (Å²) in [6.45, 7) is 2.58. The Hall–Kier alpha value is -2.66. The van der Waals surface area contributed by atoms with Gasteiger partial charge in [-0.05, 0) is 68.6 Å². The van der Waals surface area contributed by atoms with Crippen LogP contribution in [0.1, 0.15) is 58.0 Å². The van der Waals surface area contributed by atoms with Crippen molar-refractivity contribution in [3.63, 3.8) is 0 Å². The molecule has 2 aromatic carbocycles. The van der Waals surface area contributed by atoms with Gasteiger partial charge >= 0.3 is 0 Å². The lowest BCUT2D eigenvalue weighted by Crippen LogP contribution is -2.31. The van der Waals surface area contributed by atoms with E-state index in [0.717, 1.165) is 31.7 Å². The first-order chi connectivity index (χ1) is 13.7. The molecule has 0 N–H and O–H groups in total. The molecule has 0 spiro atoms. The van der Waals surface area contributed by atoms with Crippen LogP contribution in [-0.4, -0.2) is 48.4 Å². The van der Waals surface area contributed by atoms with Gasteiger partial charge in [0.2, 0.25) is 0 Å². The summed E-state index contributed by atoms with van der Waals surface area (Å²) < 4.78 is 5.25. The Morgan fingerprint density at radius 2 is 1.57 bits per heavy atom. The van der Waals surface area contributed by atoms with Crippen LogP contribution in [0.2, 0.25) is 0 Å². The third-order valence-electron chi connectivity index (χ3n) is 5.82. The first kappa shape index (κ1) is 18.7. The van der Waals surface area contributed by atoms with Crippen LogP contribution < -0.4 is 4.74 Å². The van der Waals surface area contributed by atoms with E-state index in [1.807, 2.05) is 12.1 Å². The maximum absolute atomic E-state index is 12.4. The Morgan fingerprint density at radius 3 is 2.21 bits per heavy atom. The standard InChI is InChI=1S/C23H26N2O3/c1-28-18-12-10-17(11-13-18)21-9-6-15-24(21)14-4-5-16-25-22(26)19-7-2-3-8-20(19)23(25)27/h2-3,7-8,10-13,21H,4-6,9,14-16H2,1H3. The monoisotopic (exact) mass is 378 g/mol. The molecule has 2 aliphatic rings. The molecule has 4 rings (SSSR count). The Labute approximate surface area is 165 Å². The minimum absolute atomic E-state index is 0.155. The van der Waals surface area contributed by atoms with E-state index < -0.39 is 0 Å². The predicted octanol–water partition coefficient (Wildman–Crippen LogP) is 3.91. The van der Waals surface area contributed by atoms with E-state index in [1.54, 1.807) is 31.4 Å². The van der Waals surface area contributed by atoms with E-state index in [0.29, 0.717) is 23.7 Å². The molecule has 0 saturated carbocycles. The van der Waals surface area contributed by atoms with Crippen LogP contribution in [0.4, 0.5) is 0 Å². The average molecular weight is 378 g/mol. The second-order valence-corrected chi connectivity index (χ2v) is 7.48. The van der Waals surface area contributed by atoms with E-state index >= 15 is 0 Å². The number of methoxy groups -OCH3 is 1. The zero-order chi connectivity index (χ0) is 19.5. The number of amides is 2. The van der Waals surface area contributed by atoms with Crippen molar-refractivity contribution in [2.24, 2.45) is 0 Å². The summed E-state index contributed by atoms with van der Waals surface area (Å²) in [5.41, 5.74) is 2.40. The Balaban J connectivity index is 1.29. The van der Waals surface area contributed by atoms with Gasteiger partial charge in [0.25, 0.3) is 11.8 Å². The van der Waals surface area contributed by atoms with Crippen molar-refractivity contribution in [1.82, 2.24) is 9.80 Å². The third-order valence-corrected chi connectivity index (χ3v) is 5.82. The van der Waals surface area contributed by atoms with Crippen molar-refractivity contribution in [2.75, 3.05) is 26.7 Å². The molecule has 1 atom stereocenters. The van der Waals surface area contributed by atoms with Crippen molar-refractivity contribution >= 4 is 11.8 Å². The zero-order valence-electron chi connectivity index (χ0n) is 16.3. The molecule has 146 valence electrons. The lowest BCUT2D eigenvalue weighted by atomic mass is 10.0. The fourth-order valence-electron chi connectivity index (χ4n) is 4.32. The predicted molar refractivity (Wildman–Crippen MR) is 108 cm³/mol. The van der Waals surface area contributed by atoms with Crippen molar-refractivity contribution in [3.8, 4) is 5.75 Å². The van der Waals surface area contributed by atoms with Crippen LogP contribution >= 0.6 is 0 Å². The Kier molecular flexibility index (Phi) is 5.44. The molecule has 1 saturated heterocycles. The van der Waals surface area contributed by atoms with Gasteiger partial charge in [0, 0.05) is 12.6 Å². The van der Waals surface area contributed by atoms with Crippen LogP contribution in [0.5, 0.6) is 5.75 Å². The van der Waals surface area contributed by atoms with E-state index in [-0.39, 0.29) is 11.8 Å². The molecule has 0 aliphatic carbocycles. The van der Waals surface area contributed by atoms with Gasteiger partial charge in [0.15, 0.2) is 0 Å². The zero-order valence-corrected chi connectivity index (χ0v) is 16.3. The topological polar surface area (TPSA) is 49.9 Å². The molecular weight excluding hydrogens is 352 g/mol. The van der Waals surface area contributed by atoms with E-state index in [2.05, 4.69) is 17.0 Å². The number of nitrogens with zero attached hydrogens (tertiary/aromatic N) is 2. The van der Waals surface area contributed by atoms with E-state index in [4.69, 9.17) is 4.74 Å². The summed E-state index contributed by atoms with van der Waals surface area (Å²) >= 11 is 0. The number of ether oxygens (including phenoxy) is 1. The number of hydrogen-bond acceptors (Lipinski definition) is 4. The number of benzene rings is 2. The number of carbonyl (C=O) groups excluding carboxylic acids is 2.